The first-order valence-corrected chi connectivity index (χ1v) is 8.40. The summed E-state index contributed by atoms with van der Waals surface area (Å²) in [5.41, 5.74) is 0.749. The molecule has 0 spiro atoms. The van der Waals surface area contributed by atoms with E-state index in [1.54, 1.807) is 19.9 Å². The first-order chi connectivity index (χ1) is 12.7. The van der Waals surface area contributed by atoms with Crippen molar-refractivity contribution in [1.82, 2.24) is 9.78 Å². The third-order valence-electron chi connectivity index (χ3n) is 4.37. The van der Waals surface area contributed by atoms with Gasteiger partial charge in [-0.1, -0.05) is 18.2 Å². The maximum absolute atomic E-state index is 13.1. The van der Waals surface area contributed by atoms with Crippen LogP contribution in [0.15, 0.2) is 24.3 Å². The molecule has 1 aliphatic rings. The smallest absolute Gasteiger partial charge is 0.416 e. The number of anilines is 1. The fraction of sp³-hybridized carbons (Fsp3) is 0.389. The van der Waals surface area contributed by atoms with Gasteiger partial charge in [0.1, 0.15) is 12.4 Å². The molecule has 2 heterocycles. The zero-order valence-electron chi connectivity index (χ0n) is 14.8. The Bertz CT molecular complexity index is 890. The second-order valence-electron chi connectivity index (χ2n) is 6.24. The van der Waals surface area contributed by atoms with E-state index in [9.17, 15) is 22.8 Å². The van der Waals surface area contributed by atoms with Gasteiger partial charge >= 0.3 is 12.1 Å². The van der Waals surface area contributed by atoms with Gasteiger partial charge in [-0.15, -0.1) is 0 Å². The summed E-state index contributed by atoms with van der Waals surface area (Å²) in [6.45, 7) is 3.38. The Morgan fingerprint density at radius 3 is 2.81 bits per heavy atom. The molecule has 1 amide bonds. The molecule has 0 saturated carbocycles. The van der Waals surface area contributed by atoms with E-state index in [4.69, 9.17) is 4.74 Å². The molecule has 3 rings (SSSR count). The maximum atomic E-state index is 13.1. The molecule has 0 unspecified atom stereocenters. The lowest BCUT2D eigenvalue weighted by Crippen LogP contribution is -2.26. The van der Waals surface area contributed by atoms with Crippen molar-refractivity contribution >= 4 is 17.7 Å². The molecule has 2 aromatic rings. The number of hydrogen-bond acceptors (Lipinski definition) is 4. The van der Waals surface area contributed by atoms with Crippen molar-refractivity contribution in [3.8, 4) is 0 Å². The minimum Gasteiger partial charge on any atom is -0.465 e. The van der Waals surface area contributed by atoms with E-state index in [-0.39, 0.29) is 25.5 Å². The van der Waals surface area contributed by atoms with E-state index in [2.05, 4.69) is 10.4 Å². The largest absolute Gasteiger partial charge is 0.465 e. The van der Waals surface area contributed by atoms with Gasteiger partial charge in [0.05, 0.1) is 17.9 Å². The van der Waals surface area contributed by atoms with Crippen molar-refractivity contribution in [1.29, 1.82) is 0 Å². The van der Waals surface area contributed by atoms with Crippen molar-refractivity contribution in [2.24, 2.45) is 0 Å². The molecule has 27 heavy (non-hydrogen) atoms. The zero-order chi connectivity index (χ0) is 19.8. The molecule has 1 aromatic heterocycles. The summed E-state index contributed by atoms with van der Waals surface area (Å²) in [5, 5.41) is 6.95. The summed E-state index contributed by atoms with van der Waals surface area (Å²) in [4.78, 5) is 23.9. The molecule has 1 aromatic carbocycles. The van der Waals surface area contributed by atoms with E-state index in [0.717, 1.165) is 12.1 Å². The predicted molar refractivity (Wildman–Crippen MR) is 90.1 cm³/mol. The monoisotopic (exact) mass is 381 g/mol. The van der Waals surface area contributed by atoms with Crippen molar-refractivity contribution < 1.29 is 27.5 Å². The fourth-order valence-corrected chi connectivity index (χ4v) is 3.27. The highest BCUT2D eigenvalue weighted by atomic mass is 19.4. The van der Waals surface area contributed by atoms with Gasteiger partial charge in [0.25, 0.3) is 0 Å². The Kier molecular flexibility index (Phi) is 4.95. The van der Waals surface area contributed by atoms with Gasteiger partial charge in [-0.2, -0.15) is 18.3 Å². The Labute approximate surface area is 153 Å². The maximum Gasteiger partial charge on any atom is 0.416 e. The predicted octanol–water partition coefficient (Wildman–Crippen LogP) is 3.25. The van der Waals surface area contributed by atoms with Crippen LogP contribution in [-0.4, -0.2) is 28.3 Å². The third kappa shape index (κ3) is 3.81. The number of nitrogens with zero attached hydrogens (tertiary/aromatic N) is 2. The Morgan fingerprint density at radius 2 is 2.15 bits per heavy atom. The number of rotatable bonds is 4. The van der Waals surface area contributed by atoms with Gasteiger partial charge in [0.2, 0.25) is 5.91 Å². The SMILES string of the molecule is CCOC(=O)Cn1nc(C)c2c1NC(=O)C[C@H]2c1cccc(C(F)(F)F)c1. The number of carbonyl (C=O) groups is 2. The van der Waals surface area contributed by atoms with Crippen molar-refractivity contribution in [2.45, 2.75) is 38.9 Å². The average Bonchev–Trinajstić information content (AvgIpc) is 2.89. The van der Waals surface area contributed by atoms with Gasteiger partial charge in [-0.3, -0.25) is 9.59 Å². The molecule has 0 radical (unpaired) electrons. The number of ether oxygens (including phenoxy) is 1. The molecule has 144 valence electrons. The molecule has 0 bridgehead atoms. The van der Waals surface area contributed by atoms with Gasteiger partial charge < -0.3 is 10.1 Å². The summed E-state index contributed by atoms with van der Waals surface area (Å²) in [6.07, 6.45) is -4.47. The molecule has 0 aliphatic carbocycles. The number of halogens is 3. The fourth-order valence-electron chi connectivity index (χ4n) is 3.27. The van der Waals surface area contributed by atoms with E-state index >= 15 is 0 Å². The number of esters is 1. The zero-order valence-corrected chi connectivity index (χ0v) is 14.8. The Balaban J connectivity index is 2.03. The molecule has 0 saturated heterocycles. The number of amides is 1. The highest BCUT2D eigenvalue weighted by molar-refractivity contribution is 5.95. The van der Waals surface area contributed by atoms with Crippen LogP contribution in [0.1, 0.15) is 41.6 Å². The summed E-state index contributed by atoms with van der Waals surface area (Å²) in [7, 11) is 0. The van der Waals surface area contributed by atoms with E-state index in [1.807, 2.05) is 0 Å². The van der Waals surface area contributed by atoms with Crippen LogP contribution in [0, 0.1) is 6.92 Å². The summed E-state index contributed by atoms with van der Waals surface area (Å²) in [6, 6.07) is 4.92. The lowest BCUT2D eigenvalue weighted by atomic mass is 9.85. The lowest BCUT2D eigenvalue weighted by molar-refractivity contribution is -0.144. The second kappa shape index (κ2) is 7.05. The van der Waals surface area contributed by atoms with Crippen LogP contribution in [0.2, 0.25) is 0 Å². The van der Waals surface area contributed by atoms with E-state index < -0.39 is 23.6 Å². The number of aryl methyl sites for hydroxylation is 1. The Morgan fingerprint density at radius 1 is 1.41 bits per heavy atom. The number of alkyl halides is 3. The highest BCUT2D eigenvalue weighted by Gasteiger charge is 2.35. The molecule has 1 N–H and O–H groups in total. The number of hydrogen-bond donors (Lipinski definition) is 1. The summed E-state index contributed by atoms with van der Waals surface area (Å²) in [5.74, 6) is -1.13. The van der Waals surface area contributed by atoms with Crippen molar-refractivity contribution in [2.75, 3.05) is 11.9 Å². The lowest BCUT2D eigenvalue weighted by Gasteiger charge is -2.25. The molecule has 9 heteroatoms. The number of aromatic nitrogens is 2. The topological polar surface area (TPSA) is 73.2 Å². The summed E-state index contributed by atoms with van der Waals surface area (Å²) >= 11 is 0. The Hall–Kier alpha value is -2.84. The molecule has 1 aliphatic heterocycles. The van der Waals surface area contributed by atoms with Crippen LogP contribution in [-0.2, 0) is 27.0 Å². The first kappa shape index (κ1) is 18.9. The van der Waals surface area contributed by atoms with E-state index in [1.165, 1.54) is 10.7 Å². The molecule has 1 atom stereocenters. The number of benzene rings is 1. The second-order valence-corrected chi connectivity index (χ2v) is 6.24. The minimum atomic E-state index is -4.47. The normalized spacial score (nSPS) is 16.6. The number of fused-ring (bicyclic) bond motifs is 1. The van der Waals surface area contributed by atoms with Gasteiger partial charge in [-0.25, -0.2) is 4.68 Å². The number of carbonyl (C=O) groups excluding carboxylic acids is 2. The molecule has 0 fully saturated rings. The van der Waals surface area contributed by atoms with Crippen LogP contribution >= 0.6 is 0 Å². The van der Waals surface area contributed by atoms with Gasteiger partial charge in [-0.05, 0) is 25.5 Å². The van der Waals surface area contributed by atoms with Crippen LogP contribution in [0.25, 0.3) is 0 Å². The van der Waals surface area contributed by atoms with Gasteiger partial charge in [0, 0.05) is 17.9 Å². The van der Waals surface area contributed by atoms with Crippen molar-refractivity contribution in [3.63, 3.8) is 0 Å². The average molecular weight is 381 g/mol. The first-order valence-electron chi connectivity index (χ1n) is 8.40. The van der Waals surface area contributed by atoms with Gasteiger partial charge in [0.15, 0.2) is 0 Å². The summed E-state index contributed by atoms with van der Waals surface area (Å²) < 4.78 is 45.4. The van der Waals surface area contributed by atoms with E-state index in [0.29, 0.717) is 22.6 Å². The molecule has 6 nitrogen and oxygen atoms in total. The van der Waals surface area contributed by atoms with Crippen LogP contribution < -0.4 is 5.32 Å². The molecular formula is C18H18F3N3O3. The number of nitrogens with one attached hydrogen (secondary N) is 1. The van der Waals surface area contributed by atoms with Crippen molar-refractivity contribution in [3.05, 3.63) is 46.6 Å². The third-order valence-corrected chi connectivity index (χ3v) is 4.37. The molecular weight excluding hydrogens is 363 g/mol. The van der Waals surface area contributed by atoms with Crippen LogP contribution in [0.5, 0.6) is 0 Å². The standard InChI is InChI=1S/C18H18F3N3O3/c1-3-27-15(26)9-24-17-16(10(2)23-24)13(8-14(25)22-17)11-5-4-6-12(7-11)18(19,20)21/h4-7,13H,3,8-9H2,1-2H3,(H,22,25)/t13-/m0/s1. The minimum absolute atomic E-state index is 0.000248. The van der Waals surface area contributed by atoms with Crippen LogP contribution in [0.3, 0.4) is 0 Å². The highest BCUT2D eigenvalue weighted by Crippen LogP contribution is 2.40. The quantitative estimate of drug-likeness (QED) is 0.826. The van der Waals surface area contributed by atoms with Crippen LogP contribution in [0.4, 0.5) is 19.0 Å².